The number of alkyl halides is 3. The second kappa shape index (κ2) is 6.30. The number of pyridine rings is 1. The van der Waals surface area contributed by atoms with Crippen molar-refractivity contribution >= 4 is 30.8 Å². The lowest BCUT2D eigenvalue weighted by molar-refractivity contribution is -0.0435. The van der Waals surface area contributed by atoms with Gasteiger partial charge in [-0.2, -0.15) is 13.2 Å². The molecule has 7 nitrogen and oxygen atoms in total. The predicted molar refractivity (Wildman–Crippen MR) is 88.2 cm³/mol. The Kier molecular flexibility index (Phi) is 4.50. The minimum absolute atomic E-state index is 0.00479. The first kappa shape index (κ1) is 19.3. The van der Waals surface area contributed by atoms with Crippen molar-refractivity contribution in [1.82, 2.24) is 9.97 Å². The molecule has 0 radical (unpaired) electrons. The summed E-state index contributed by atoms with van der Waals surface area (Å²) < 4.78 is 90.9. The third-order valence-corrected chi connectivity index (χ3v) is 6.81. The first-order valence-corrected chi connectivity index (χ1v) is 10.5. The van der Waals surface area contributed by atoms with E-state index >= 15 is 0 Å². The molecule has 0 amide bonds. The Morgan fingerprint density at radius 3 is 2.44 bits per heavy atom. The Bertz CT molecular complexity index is 1230. The zero-order valence-electron chi connectivity index (χ0n) is 13.6. The van der Waals surface area contributed by atoms with E-state index < -0.39 is 30.1 Å². The molecule has 0 unspecified atom stereocenters. The summed E-state index contributed by atoms with van der Waals surface area (Å²) in [5.74, 6) is -0.433. The Morgan fingerprint density at radius 1 is 1.11 bits per heavy atom. The second-order valence-corrected chi connectivity index (χ2v) is 9.49. The maximum Gasteiger partial charge on any atom is 0.501 e. The quantitative estimate of drug-likeness (QED) is 0.639. The molecule has 144 valence electrons. The molecule has 12 heteroatoms. The van der Waals surface area contributed by atoms with E-state index in [1.165, 1.54) is 25.3 Å². The van der Waals surface area contributed by atoms with Gasteiger partial charge in [0.05, 0.1) is 16.2 Å². The number of fused-ring (bicyclic) bond motifs is 1. The van der Waals surface area contributed by atoms with E-state index in [1.807, 2.05) is 0 Å². The van der Waals surface area contributed by atoms with Crippen LogP contribution in [0.2, 0.25) is 0 Å². The summed E-state index contributed by atoms with van der Waals surface area (Å²) in [7, 11) is -9.27. The maximum absolute atomic E-state index is 12.7. The molecule has 3 rings (SSSR count). The average Bonchev–Trinajstić information content (AvgIpc) is 3.04. The van der Waals surface area contributed by atoms with Crippen LogP contribution in [0.3, 0.4) is 0 Å². The molecule has 0 saturated heterocycles. The van der Waals surface area contributed by atoms with Crippen LogP contribution in [0.25, 0.3) is 22.6 Å². The zero-order valence-corrected chi connectivity index (χ0v) is 15.2. The van der Waals surface area contributed by atoms with E-state index in [9.17, 15) is 30.0 Å². The molecular weight excluding hydrogens is 409 g/mol. The van der Waals surface area contributed by atoms with Crippen molar-refractivity contribution in [2.45, 2.75) is 22.4 Å². The standard InChI is InChI=1S/C15H11F3N2O5S2/c1-2-26(21,22)14-10(4-3-7-19-14)13-20-11-8-9(5-6-12(11)25-13)27(23,24)15(16,17)18/h3-8H,2H2,1H3. The van der Waals surface area contributed by atoms with Crippen molar-refractivity contribution < 1.29 is 34.4 Å². The third-order valence-electron chi connectivity index (χ3n) is 3.65. The second-order valence-electron chi connectivity index (χ2n) is 5.36. The number of hydrogen-bond donors (Lipinski definition) is 0. The molecule has 0 spiro atoms. The van der Waals surface area contributed by atoms with Crippen molar-refractivity contribution in [2.24, 2.45) is 0 Å². The fraction of sp³-hybridized carbons (Fsp3) is 0.200. The highest BCUT2D eigenvalue weighted by Crippen LogP contribution is 2.33. The van der Waals surface area contributed by atoms with Crippen molar-refractivity contribution in [1.29, 1.82) is 0 Å². The molecule has 0 aliphatic carbocycles. The van der Waals surface area contributed by atoms with Gasteiger partial charge in [0.15, 0.2) is 20.4 Å². The van der Waals surface area contributed by atoms with Crippen molar-refractivity contribution in [3.8, 4) is 11.5 Å². The van der Waals surface area contributed by atoms with Crippen LogP contribution in [0.4, 0.5) is 13.2 Å². The number of oxazole rings is 1. The Balaban J connectivity index is 2.18. The minimum Gasteiger partial charge on any atom is -0.436 e. The van der Waals surface area contributed by atoms with Crippen LogP contribution in [0, 0.1) is 0 Å². The first-order chi connectivity index (χ1) is 12.5. The molecule has 0 N–H and O–H groups in total. The summed E-state index contributed by atoms with van der Waals surface area (Å²) in [6, 6.07) is 5.31. The van der Waals surface area contributed by atoms with Crippen LogP contribution >= 0.6 is 0 Å². The van der Waals surface area contributed by atoms with Crippen LogP contribution < -0.4 is 0 Å². The number of halogens is 3. The first-order valence-electron chi connectivity index (χ1n) is 7.37. The van der Waals surface area contributed by atoms with E-state index in [0.29, 0.717) is 0 Å². The molecule has 1 aromatic carbocycles. The van der Waals surface area contributed by atoms with E-state index in [1.54, 1.807) is 0 Å². The fourth-order valence-corrected chi connectivity index (χ4v) is 4.03. The van der Waals surface area contributed by atoms with Gasteiger partial charge in [-0.3, -0.25) is 0 Å². The smallest absolute Gasteiger partial charge is 0.436 e. The van der Waals surface area contributed by atoms with Gasteiger partial charge in [-0.05, 0) is 30.3 Å². The SMILES string of the molecule is CCS(=O)(=O)c1ncccc1-c1nc2cc(S(=O)(=O)C(F)(F)F)ccc2o1. The Hall–Kier alpha value is -2.47. The van der Waals surface area contributed by atoms with Gasteiger partial charge in [0.2, 0.25) is 5.89 Å². The molecule has 2 aromatic heterocycles. The third kappa shape index (κ3) is 3.30. The predicted octanol–water partition coefficient (Wildman–Crippen LogP) is 2.98. The molecule has 3 aromatic rings. The Morgan fingerprint density at radius 2 is 1.81 bits per heavy atom. The van der Waals surface area contributed by atoms with Gasteiger partial charge in [-0.25, -0.2) is 26.8 Å². The summed E-state index contributed by atoms with van der Waals surface area (Å²) in [6.07, 6.45) is 1.27. The molecule has 0 fully saturated rings. The van der Waals surface area contributed by atoms with E-state index in [4.69, 9.17) is 4.42 Å². The molecule has 0 bridgehead atoms. The summed E-state index contributed by atoms with van der Waals surface area (Å²) in [5, 5.41) is -0.290. The summed E-state index contributed by atoms with van der Waals surface area (Å²) in [4.78, 5) is 6.78. The van der Waals surface area contributed by atoms with Crippen molar-refractivity contribution in [3.05, 3.63) is 36.5 Å². The topological polar surface area (TPSA) is 107 Å². The van der Waals surface area contributed by atoms with Gasteiger partial charge in [0, 0.05) is 6.20 Å². The maximum atomic E-state index is 12.7. The minimum atomic E-state index is -5.55. The van der Waals surface area contributed by atoms with Crippen LogP contribution in [0.5, 0.6) is 0 Å². The average molecular weight is 420 g/mol. The van der Waals surface area contributed by atoms with Crippen molar-refractivity contribution in [2.75, 3.05) is 5.75 Å². The van der Waals surface area contributed by atoms with Gasteiger partial charge < -0.3 is 4.42 Å². The van der Waals surface area contributed by atoms with Crippen LogP contribution in [-0.2, 0) is 19.7 Å². The van der Waals surface area contributed by atoms with Gasteiger partial charge in [0.25, 0.3) is 9.84 Å². The molecule has 27 heavy (non-hydrogen) atoms. The van der Waals surface area contributed by atoms with E-state index in [-0.39, 0.29) is 33.3 Å². The number of rotatable bonds is 4. The highest BCUT2D eigenvalue weighted by molar-refractivity contribution is 7.92. The van der Waals surface area contributed by atoms with Gasteiger partial charge in [0.1, 0.15) is 5.52 Å². The number of sulfone groups is 2. The monoisotopic (exact) mass is 420 g/mol. The van der Waals surface area contributed by atoms with E-state index in [0.717, 1.165) is 18.2 Å². The van der Waals surface area contributed by atoms with Crippen molar-refractivity contribution in [3.63, 3.8) is 0 Å². The lowest BCUT2D eigenvalue weighted by atomic mass is 10.3. The normalized spacial score (nSPS) is 13.2. The molecule has 2 heterocycles. The summed E-state index contributed by atoms with van der Waals surface area (Å²) >= 11 is 0. The highest BCUT2D eigenvalue weighted by Gasteiger charge is 2.47. The largest absolute Gasteiger partial charge is 0.501 e. The lowest BCUT2D eigenvalue weighted by Gasteiger charge is -2.07. The molecule has 0 aliphatic rings. The van der Waals surface area contributed by atoms with Crippen LogP contribution in [0.1, 0.15) is 6.92 Å². The number of benzene rings is 1. The molecular formula is C15H11F3N2O5S2. The van der Waals surface area contributed by atoms with E-state index in [2.05, 4.69) is 9.97 Å². The van der Waals surface area contributed by atoms with Gasteiger partial charge in [-0.1, -0.05) is 6.92 Å². The number of nitrogens with zero attached hydrogens (tertiary/aromatic N) is 2. The molecule has 0 atom stereocenters. The number of aromatic nitrogens is 2. The highest BCUT2D eigenvalue weighted by atomic mass is 32.2. The van der Waals surface area contributed by atoms with Gasteiger partial charge >= 0.3 is 5.51 Å². The van der Waals surface area contributed by atoms with Crippen LogP contribution in [0.15, 0.2) is 50.9 Å². The summed E-state index contributed by atoms with van der Waals surface area (Å²) in [5.41, 5.74) is -5.61. The Labute approximate surface area is 151 Å². The lowest BCUT2D eigenvalue weighted by Crippen LogP contribution is -2.23. The summed E-state index contributed by atoms with van der Waals surface area (Å²) in [6.45, 7) is 1.42. The zero-order chi connectivity index (χ0) is 20.0. The number of hydrogen-bond acceptors (Lipinski definition) is 7. The molecule has 0 saturated carbocycles. The molecule has 0 aliphatic heterocycles. The van der Waals surface area contributed by atoms with Crippen LogP contribution in [-0.4, -0.2) is 38.1 Å². The van der Waals surface area contributed by atoms with Gasteiger partial charge in [-0.15, -0.1) is 0 Å². The fourth-order valence-electron chi connectivity index (χ4n) is 2.26.